The van der Waals surface area contributed by atoms with Crippen LogP contribution in [0.15, 0.2) is 77.7 Å². The lowest BCUT2D eigenvalue weighted by Gasteiger charge is -2.32. The molecule has 0 bridgehead atoms. The van der Waals surface area contributed by atoms with Gasteiger partial charge in [-0.15, -0.1) is 0 Å². The molecule has 0 fully saturated rings. The van der Waals surface area contributed by atoms with Crippen molar-refractivity contribution in [1.82, 2.24) is 10.2 Å². The molecule has 0 spiro atoms. The van der Waals surface area contributed by atoms with Gasteiger partial charge in [0, 0.05) is 23.1 Å². The smallest absolute Gasteiger partial charge is 0.264 e. The molecule has 3 rings (SSSR count). The molecule has 0 radical (unpaired) electrons. The number of sulfonamides is 1. The average molecular weight is 611 g/mol. The summed E-state index contributed by atoms with van der Waals surface area (Å²) in [6, 6.07) is 18.1. The van der Waals surface area contributed by atoms with Crippen LogP contribution in [0.4, 0.5) is 5.69 Å². The summed E-state index contributed by atoms with van der Waals surface area (Å²) in [5, 5.41) is 3.69. The second kappa shape index (κ2) is 14.0. The van der Waals surface area contributed by atoms with Crippen LogP contribution in [0.3, 0.4) is 0 Å². The van der Waals surface area contributed by atoms with E-state index in [0.717, 1.165) is 17.1 Å². The molecule has 0 aromatic heterocycles. The number of rotatable bonds is 12. The Kier molecular flexibility index (Phi) is 11.1. The maximum absolute atomic E-state index is 13.9. The number of anilines is 1. The predicted molar refractivity (Wildman–Crippen MR) is 157 cm³/mol. The summed E-state index contributed by atoms with van der Waals surface area (Å²) in [6.07, 6.45) is 1.69. The molecule has 0 aliphatic carbocycles. The van der Waals surface area contributed by atoms with Crippen LogP contribution >= 0.6 is 34.8 Å². The Hall–Kier alpha value is -2.78. The largest absolute Gasteiger partial charge is 0.354 e. The van der Waals surface area contributed by atoms with E-state index in [9.17, 15) is 18.0 Å². The maximum Gasteiger partial charge on any atom is 0.264 e. The van der Waals surface area contributed by atoms with Gasteiger partial charge in [-0.2, -0.15) is 0 Å². The van der Waals surface area contributed by atoms with Crippen molar-refractivity contribution in [2.75, 3.05) is 17.4 Å². The number of carbonyl (C=O) groups excluding carboxylic acids is 2. The van der Waals surface area contributed by atoms with Gasteiger partial charge in [-0.05, 0) is 61.4 Å². The molecule has 3 aromatic rings. The summed E-state index contributed by atoms with van der Waals surface area (Å²) in [7, 11) is -4.22. The van der Waals surface area contributed by atoms with E-state index in [2.05, 4.69) is 5.32 Å². The van der Waals surface area contributed by atoms with Gasteiger partial charge in [-0.25, -0.2) is 8.42 Å². The lowest BCUT2D eigenvalue weighted by Crippen LogP contribution is -2.51. The number of nitrogens with zero attached hydrogens (tertiary/aromatic N) is 2. The van der Waals surface area contributed by atoms with E-state index in [-0.39, 0.29) is 28.1 Å². The Morgan fingerprint density at radius 3 is 2.26 bits per heavy atom. The van der Waals surface area contributed by atoms with Crippen molar-refractivity contribution in [2.45, 2.75) is 44.2 Å². The van der Waals surface area contributed by atoms with Crippen LogP contribution < -0.4 is 9.62 Å². The summed E-state index contributed by atoms with van der Waals surface area (Å²) in [4.78, 5) is 28.2. The van der Waals surface area contributed by atoms with Gasteiger partial charge in [0.1, 0.15) is 12.6 Å². The third-order valence-corrected chi connectivity index (χ3v) is 8.57. The van der Waals surface area contributed by atoms with E-state index in [1.807, 2.05) is 6.92 Å². The first-order valence-corrected chi connectivity index (χ1v) is 15.0. The van der Waals surface area contributed by atoms with E-state index in [4.69, 9.17) is 34.8 Å². The van der Waals surface area contributed by atoms with Gasteiger partial charge in [0.05, 0.1) is 15.6 Å². The Morgan fingerprint density at radius 1 is 0.923 bits per heavy atom. The molecule has 3 aromatic carbocycles. The second-order valence-electron chi connectivity index (χ2n) is 8.89. The second-order valence-corrected chi connectivity index (χ2v) is 12.0. The first-order valence-electron chi connectivity index (χ1n) is 12.4. The molecule has 0 heterocycles. The van der Waals surface area contributed by atoms with Crippen LogP contribution in [0, 0.1) is 0 Å². The number of benzene rings is 3. The van der Waals surface area contributed by atoms with Crippen molar-refractivity contribution in [3.05, 3.63) is 93.4 Å². The molecule has 208 valence electrons. The Labute approximate surface area is 244 Å². The number of unbranched alkanes of at least 4 members (excludes halogenated alkanes) is 1. The van der Waals surface area contributed by atoms with E-state index in [1.165, 1.54) is 35.2 Å². The van der Waals surface area contributed by atoms with Gasteiger partial charge in [0.25, 0.3) is 10.0 Å². The van der Waals surface area contributed by atoms with Crippen LogP contribution in [0.25, 0.3) is 0 Å². The van der Waals surface area contributed by atoms with Gasteiger partial charge >= 0.3 is 0 Å². The van der Waals surface area contributed by atoms with Crippen molar-refractivity contribution in [1.29, 1.82) is 0 Å². The van der Waals surface area contributed by atoms with Crippen LogP contribution in [-0.4, -0.2) is 44.3 Å². The molecular weight excluding hydrogens is 581 g/mol. The SMILES string of the molecule is CCCCNC(=O)C(C)N(Cc1cccc(Cl)c1)C(=O)CN(c1ccc(Cl)cc1Cl)S(=O)(=O)c1ccccc1. The molecule has 1 atom stereocenters. The minimum absolute atomic E-state index is 0.0180. The molecule has 2 amide bonds. The Bertz CT molecular complexity index is 1400. The topological polar surface area (TPSA) is 86.8 Å². The van der Waals surface area contributed by atoms with Gasteiger partial charge in [-0.3, -0.25) is 13.9 Å². The first kappa shape index (κ1) is 30.8. The lowest BCUT2D eigenvalue weighted by atomic mass is 10.1. The lowest BCUT2D eigenvalue weighted by molar-refractivity contribution is -0.139. The summed E-state index contributed by atoms with van der Waals surface area (Å²) < 4.78 is 28.5. The molecule has 11 heteroatoms. The van der Waals surface area contributed by atoms with E-state index in [0.29, 0.717) is 22.2 Å². The highest BCUT2D eigenvalue weighted by Crippen LogP contribution is 2.33. The molecule has 0 aliphatic heterocycles. The molecule has 0 saturated heterocycles. The van der Waals surface area contributed by atoms with Crippen LogP contribution in [-0.2, 0) is 26.2 Å². The molecule has 0 saturated carbocycles. The third-order valence-electron chi connectivity index (χ3n) is 6.03. The van der Waals surface area contributed by atoms with Crippen LogP contribution in [0.2, 0.25) is 15.1 Å². The van der Waals surface area contributed by atoms with Crippen LogP contribution in [0.5, 0.6) is 0 Å². The average Bonchev–Trinajstić information content (AvgIpc) is 2.91. The third kappa shape index (κ3) is 8.11. The minimum atomic E-state index is -4.22. The van der Waals surface area contributed by atoms with Crippen molar-refractivity contribution >= 4 is 62.3 Å². The van der Waals surface area contributed by atoms with E-state index >= 15 is 0 Å². The standard InChI is InChI=1S/C28H30Cl3N3O4S/c1-3-4-15-32-28(36)20(2)33(18-21-9-8-10-22(29)16-21)27(35)19-34(26-14-13-23(30)17-25(26)31)39(37,38)24-11-6-5-7-12-24/h5-14,16-17,20H,3-4,15,18-19H2,1-2H3,(H,32,36). The number of amides is 2. The van der Waals surface area contributed by atoms with Crippen molar-refractivity contribution in [3.8, 4) is 0 Å². The normalized spacial score (nSPS) is 12.0. The predicted octanol–water partition coefficient (Wildman–Crippen LogP) is 6.18. The fourth-order valence-corrected chi connectivity index (χ4v) is 6.09. The summed E-state index contributed by atoms with van der Waals surface area (Å²) in [6.45, 7) is 3.51. The molecule has 39 heavy (non-hydrogen) atoms. The zero-order valence-electron chi connectivity index (χ0n) is 21.6. The zero-order chi connectivity index (χ0) is 28.6. The quantitative estimate of drug-likeness (QED) is 0.248. The fourth-order valence-electron chi connectivity index (χ4n) is 3.87. The van der Waals surface area contributed by atoms with Crippen molar-refractivity contribution in [2.24, 2.45) is 0 Å². The van der Waals surface area contributed by atoms with Gasteiger partial charge in [-0.1, -0.05) is 78.5 Å². The minimum Gasteiger partial charge on any atom is -0.354 e. The van der Waals surface area contributed by atoms with E-state index < -0.39 is 28.5 Å². The van der Waals surface area contributed by atoms with Gasteiger partial charge in [0.15, 0.2) is 0 Å². The highest BCUT2D eigenvalue weighted by atomic mass is 35.5. The highest BCUT2D eigenvalue weighted by molar-refractivity contribution is 7.92. The fraction of sp³-hybridized carbons (Fsp3) is 0.286. The summed E-state index contributed by atoms with van der Waals surface area (Å²) in [5.74, 6) is -0.945. The zero-order valence-corrected chi connectivity index (χ0v) is 24.7. The molecular formula is C28H30Cl3N3O4S. The number of halogens is 3. The molecule has 0 aliphatic rings. The van der Waals surface area contributed by atoms with E-state index in [1.54, 1.807) is 49.4 Å². The maximum atomic E-state index is 13.9. The first-order chi connectivity index (χ1) is 18.5. The monoisotopic (exact) mass is 609 g/mol. The van der Waals surface area contributed by atoms with Gasteiger partial charge < -0.3 is 10.2 Å². The van der Waals surface area contributed by atoms with Crippen LogP contribution in [0.1, 0.15) is 32.3 Å². The molecule has 1 unspecified atom stereocenters. The number of hydrogen-bond acceptors (Lipinski definition) is 4. The number of nitrogens with one attached hydrogen (secondary N) is 1. The Morgan fingerprint density at radius 2 is 1.62 bits per heavy atom. The van der Waals surface area contributed by atoms with Crippen molar-refractivity contribution in [3.63, 3.8) is 0 Å². The van der Waals surface area contributed by atoms with Gasteiger partial charge in [0.2, 0.25) is 11.8 Å². The Balaban J connectivity index is 2.02. The molecule has 1 N–H and O–H groups in total. The van der Waals surface area contributed by atoms with Crippen molar-refractivity contribution < 1.29 is 18.0 Å². The highest BCUT2D eigenvalue weighted by Gasteiger charge is 2.33. The molecule has 7 nitrogen and oxygen atoms in total. The number of hydrogen-bond donors (Lipinski definition) is 1. The summed E-state index contributed by atoms with van der Waals surface area (Å²) >= 11 is 18.6. The number of carbonyl (C=O) groups is 2. The summed E-state index contributed by atoms with van der Waals surface area (Å²) in [5.41, 5.74) is 0.770.